The second kappa shape index (κ2) is 2.74. The molecular weight excluding hydrogens is 154 g/mol. The van der Waals surface area contributed by atoms with Gasteiger partial charge < -0.3 is 10.4 Å². The minimum atomic E-state index is -1.08. The van der Waals surface area contributed by atoms with E-state index in [2.05, 4.69) is 5.32 Å². The number of aliphatic carboxylic acids is 1. The number of hydrogen-bond acceptors (Lipinski definition) is 3. The molecule has 0 aliphatic carbocycles. The van der Waals surface area contributed by atoms with Crippen molar-refractivity contribution in [2.24, 2.45) is 0 Å². The highest BCUT2D eigenvalue weighted by Gasteiger charge is 2.17. The molecule has 0 unspecified atom stereocenters. The maximum Gasteiger partial charge on any atom is 0.329 e. The molecule has 1 rings (SSSR count). The molecule has 5 heteroatoms. The molecule has 0 atom stereocenters. The van der Waals surface area contributed by atoms with Crippen LogP contribution in [0.1, 0.15) is 0 Å². The number of amides is 1. The van der Waals surface area contributed by atoms with Crippen molar-refractivity contribution in [3.05, 3.63) is 11.0 Å². The number of nitrogens with one attached hydrogen (secondary N) is 1. The first-order valence-corrected chi connectivity index (χ1v) is 3.54. The fourth-order valence-electron chi connectivity index (χ4n) is 0.551. The van der Waals surface area contributed by atoms with Crippen LogP contribution >= 0.6 is 11.8 Å². The summed E-state index contributed by atoms with van der Waals surface area (Å²) in [6.45, 7) is 0. The zero-order valence-electron chi connectivity index (χ0n) is 4.96. The average molecular weight is 159 g/mol. The molecule has 10 heavy (non-hydrogen) atoms. The zero-order valence-corrected chi connectivity index (χ0v) is 5.77. The Morgan fingerprint density at radius 3 is 2.90 bits per heavy atom. The first-order valence-electron chi connectivity index (χ1n) is 2.56. The molecule has 4 nitrogen and oxygen atoms in total. The second-order valence-electron chi connectivity index (χ2n) is 1.64. The number of carboxylic acids is 1. The van der Waals surface area contributed by atoms with Crippen LogP contribution in [0.2, 0.25) is 0 Å². The lowest BCUT2D eigenvalue weighted by atomic mass is 10.5. The van der Waals surface area contributed by atoms with Gasteiger partial charge >= 0.3 is 5.97 Å². The van der Waals surface area contributed by atoms with Crippen molar-refractivity contribution in [3.8, 4) is 0 Å². The van der Waals surface area contributed by atoms with Crippen LogP contribution in [0.25, 0.3) is 0 Å². The predicted molar refractivity (Wildman–Crippen MR) is 36.3 cm³/mol. The first-order chi connectivity index (χ1) is 4.70. The largest absolute Gasteiger partial charge is 0.478 e. The van der Waals surface area contributed by atoms with Gasteiger partial charge in [-0.25, -0.2) is 4.79 Å². The van der Waals surface area contributed by atoms with Gasteiger partial charge in [0.2, 0.25) is 0 Å². The summed E-state index contributed by atoms with van der Waals surface area (Å²) >= 11 is 1.20. The van der Waals surface area contributed by atoms with Crippen molar-refractivity contribution in [2.45, 2.75) is 0 Å². The van der Waals surface area contributed by atoms with Crippen molar-refractivity contribution < 1.29 is 14.7 Å². The minimum absolute atomic E-state index is 0.271. The predicted octanol–water partition coefficient (Wildman–Crippen LogP) is -0.225. The Bertz CT molecular complexity index is 211. The highest BCUT2D eigenvalue weighted by atomic mass is 32.2. The molecule has 0 aromatic carbocycles. The van der Waals surface area contributed by atoms with Crippen molar-refractivity contribution in [1.29, 1.82) is 0 Å². The van der Waals surface area contributed by atoms with Crippen molar-refractivity contribution in [2.75, 3.05) is 5.88 Å². The van der Waals surface area contributed by atoms with E-state index in [1.807, 2.05) is 0 Å². The molecule has 1 saturated heterocycles. The average Bonchev–Trinajstić information content (AvgIpc) is 2.15. The fourth-order valence-corrected chi connectivity index (χ4v) is 1.30. The van der Waals surface area contributed by atoms with E-state index >= 15 is 0 Å². The van der Waals surface area contributed by atoms with E-state index in [-0.39, 0.29) is 10.8 Å². The molecule has 0 aromatic rings. The fraction of sp³-hybridized carbons (Fsp3) is 0.200. The Morgan fingerprint density at radius 1 is 1.80 bits per heavy atom. The van der Waals surface area contributed by atoms with E-state index in [1.165, 1.54) is 11.8 Å². The van der Waals surface area contributed by atoms with Gasteiger partial charge in [-0.05, 0) is 0 Å². The summed E-state index contributed by atoms with van der Waals surface area (Å²) in [6.07, 6.45) is 0.910. The number of rotatable bonds is 1. The number of thioether (sulfide) groups is 1. The quantitative estimate of drug-likeness (QED) is 0.519. The molecular formula is C5H5NO3S. The molecule has 0 spiro atoms. The molecule has 0 bridgehead atoms. The van der Waals surface area contributed by atoms with E-state index in [0.29, 0.717) is 5.88 Å². The van der Waals surface area contributed by atoms with E-state index in [0.717, 1.165) is 6.08 Å². The monoisotopic (exact) mass is 159 g/mol. The van der Waals surface area contributed by atoms with Gasteiger partial charge in [0, 0.05) is 6.08 Å². The molecule has 2 N–H and O–H groups in total. The number of carboxylic acid groups (broad SMARTS) is 1. The van der Waals surface area contributed by atoms with Crippen LogP contribution in [0.15, 0.2) is 11.0 Å². The van der Waals surface area contributed by atoms with Crippen LogP contribution in [-0.4, -0.2) is 22.9 Å². The maximum absolute atomic E-state index is 10.6. The van der Waals surface area contributed by atoms with Gasteiger partial charge in [0.15, 0.2) is 0 Å². The SMILES string of the molecule is O=C(O)C=C1SCNC1=O. The number of carbonyl (C=O) groups excluding carboxylic acids is 1. The van der Waals surface area contributed by atoms with Crippen LogP contribution in [0.5, 0.6) is 0 Å². The Hall–Kier alpha value is -0.970. The zero-order chi connectivity index (χ0) is 7.56. The Morgan fingerprint density at radius 2 is 2.50 bits per heavy atom. The van der Waals surface area contributed by atoms with Crippen molar-refractivity contribution in [3.63, 3.8) is 0 Å². The van der Waals surface area contributed by atoms with E-state index < -0.39 is 5.97 Å². The smallest absolute Gasteiger partial charge is 0.329 e. The normalized spacial score (nSPS) is 21.2. The van der Waals surface area contributed by atoms with Crippen LogP contribution in [0.4, 0.5) is 0 Å². The molecule has 0 radical (unpaired) electrons. The summed E-state index contributed by atoms with van der Waals surface area (Å²) in [7, 11) is 0. The molecule has 1 aliphatic heterocycles. The highest BCUT2D eigenvalue weighted by molar-refractivity contribution is 8.04. The molecule has 1 fully saturated rings. The first kappa shape index (κ1) is 7.14. The second-order valence-corrected chi connectivity index (χ2v) is 2.66. The lowest BCUT2D eigenvalue weighted by molar-refractivity contribution is -0.131. The van der Waals surface area contributed by atoms with Crippen LogP contribution in [0, 0.1) is 0 Å². The molecule has 1 aliphatic rings. The van der Waals surface area contributed by atoms with Crippen molar-refractivity contribution in [1.82, 2.24) is 5.32 Å². The van der Waals surface area contributed by atoms with Gasteiger partial charge in [-0.3, -0.25) is 4.79 Å². The summed E-state index contributed by atoms with van der Waals surface area (Å²) in [4.78, 5) is 20.9. The van der Waals surface area contributed by atoms with Crippen molar-refractivity contribution >= 4 is 23.6 Å². The lowest BCUT2D eigenvalue weighted by Gasteiger charge is -1.85. The van der Waals surface area contributed by atoms with Crippen LogP contribution < -0.4 is 5.32 Å². The molecule has 0 aromatic heterocycles. The van der Waals surface area contributed by atoms with Gasteiger partial charge in [-0.2, -0.15) is 0 Å². The van der Waals surface area contributed by atoms with Crippen LogP contribution in [0.3, 0.4) is 0 Å². The maximum atomic E-state index is 10.6. The third-order valence-electron chi connectivity index (χ3n) is 0.939. The standard InChI is InChI=1S/C5H5NO3S/c7-4(8)1-3-5(9)6-2-10-3/h1H,2H2,(H,6,9)(H,7,8). The third-order valence-corrected chi connectivity index (χ3v) is 1.84. The summed E-state index contributed by atoms with van der Waals surface area (Å²) < 4.78 is 0. The number of hydrogen-bond donors (Lipinski definition) is 2. The minimum Gasteiger partial charge on any atom is -0.478 e. The lowest BCUT2D eigenvalue weighted by Crippen LogP contribution is -2.14. The number of carbonyl (C=O) groups is 2. The molecule has 1 amide bonds. The van der Waals surface area contributed by atoms with E-state index in [9.17, 15) is 9.59 Å². The third kappa shape index (κ3) is 1.51. The molecule has 1 heterocycles. The van der Waals surface area contributed by atoms with E-state index in [1.54, 1.807) is 0 Å². The van der Waals surface area contributed by atoms with Gasteiger partial charge in [-0.1, -0.05) is 11.8 Å². The summed E-state index contributed by atoms with van der Waals surface area (Å²) in [5.74, 6) is -0.912. The summed E-state index contributed by atoms with van der Waals surface area (Å²) in [5, 5.41) is 10.7. The van der Waals surface area contributed by atoms with Gasteiger partial charge in [0.25, 0.3) is 5.91 Å². The Labute approximate surface area is 61.3 Å². The topological polar surface area (TPSA) is 66.4 Å². The Kier molecular flexibility index (Phi) is 1.96. The summed E-state index contributed by atoms with van der Waals surface area (Å²) in [5.41, 5.74) is 0. The van der Waals surface area contributed by atoms with Crippen LogP contribution in [-0.2, 0) is 9.59 Å². The van der Waals surface area contributed by atoms with Gasteiger partial charge in [0.1, 0.15) is 0 Å². The van der Waals surface area contributed by atoms with Gasteiger partial charge in [0.05, 0.1) is 10.8 Å². The van der Waals surface area contributed by atoms with E-state index in [4.69, 9.17) is 5.11 Å². The molecule has 54 valence electrons. The van der Waals surface area contributed by atoms with Gasteiger partial charge in [-0.15, -0.1) is 0 Å². The summed E-state index contributed by atoms with van der Waals surface area (Å²) in [6, 6.07) is 0. The highest BCUT2D eigenvalue weighted by Crippen LogP contribution is 2.19. The molecule has 0 saturated carbocycles. The Balaban J connectivity index is 2.72.